The number of rotatable bonds is 2. The number of carbonyl (C=O) groups is 1. The van der Waals surface area contributed by atoms with Crippen molar-refractivity contribution in [2.75, 3.05) is 5.73 Å². The lowest BCUT2D eigenvalue weighted by Gasteiger charge is -2.03. The highest BCUT2D eigenvalue weighted by molar-refractivity contribution is 7.16. The van der Waals surface area contributed by atoms with Crippen LogP contribution in [0.2, 0.25) is 0 Å². The summed E-state index contributed by atoms with van der Waals surface area (Å²) in [6.07, 6.45) is -0.150. The van der Waals surface area contributed by atoms with E-state index in [-0.39, 0.29) is 16.2 Å². The van der Waals surface area contributed by atoms with Crippen LogP contribution in [0.1, 0.15) is 23.6 Å². The molecule has 2 N–H and O–H groups in total. The lowest BCUT2D eigenvalue weighted by atomic mass is 10.5. The summed E-state index contributed by atoms with van der Waals surface area (Å²) in [4.78, 5) is 11.1. The van der Waals surface area contributed by atoms with Gasteiger partial charge < -0.3 is 10.5 Å². The molecule has 0 aliphatic rings. The molecule has 0 saturated heterocycles. The van der Waals surface area contributed by atoms with E-state index in [4.69, 9.17) is 10.5 Å². The average Bonchev–Trinajstić information content (AvgIpc) is 2.34. The monoisotopic (exact) mass is 187 g/mol. The van der Waals surface area contributed by atoms with Gasteiger partial charge in [0.05, 0.1) is 6.10 Å². The number of nitrogens with two attached hydrogens (primary N) is 1. The van der Waals surface area contributed by atoms with Crippen LogP contribution < -0.4 is 5.73 Å². The predicted molar refractivity (Wildman–Crippen MR) is 44.9 cm³/mol. The van der Waals surface area contributed by atoms with E-state index in [0.29, 0.717) is 0 Å². The molecule has 1 rings (SSSR count). The van der Waals surface area contributed by atoms with Crippen molar-refractivity contribution < 1.29 is 9.53 Å². The predicted octanol–water partition coefficient (Wildman–Crippen LogP) is 0.685. The Morgan fingerprint density at radius 2 is 2.25 bits per heavy atom. The van der Waals surface area contributed by atoms with Gasteiger partial charge in [0.2, 0.25) is 10.1 Å². The number of nitrogen functional groups attached to an aromatic ring is 1. The van der Waals surface area contributed by atoms with Crippen molar-refractivity contribution in [3.05, 3.63) is 5.01 Å². The first-order chi connectivity index (χ1) is 5.59. The topological polar surface area (TPSA) is 78.1 Å². The molecule has 0 bridgehead atoms. The van der Waals surface area contributed by atoms with Crippen LogP contribution in [0.25, 0.3) is 0 Å². The van der Waals surface area contributed by atoms with E-state index in [2.05, 4.69) is 10.2 Å². The molecule has 0 aromatic carbocycles. The molecule has 0 atom stereocenters. The molecular weight excluding hydrogens is 178 g/mol. The molecule has 1 aromatic rings. The summed E-state index contributed by atoms with van der Waals surface area (Å²) in [7, 11) is 0. The average molecular weight is 187 g/mol. The summed E-state index contributed by atoms with van der Waals surface area (Å²) in [6, 6.07) is 0. The zero-order chi connectivity index (χ0) is 9.14. The lowest BCUT2D eigenvalue weighted by Crippen LogP contribution is -2.11. The largest absolute Gasteiger partial charge is 0.458 e. The molecule has 1 heterocycles. The van der Waals surface area contributed by atoms with Crippen LogP contribution in [0, 0.1) is 0 Å². The normalized spacial score (nSPS) is 10.2. The van der Waals surface area contributed by atoms with E-state index in [9.17, 15) is 4.79 Å². The SMILES string of the molecule is CC(C)OC(=O)c1nnc(N)s1. The Kier molecular flexibility index (Phi) is 2.59. The lowest BCUT2D eigenvalue weighted by molar-refractivity contribution is 0.0376. The Labute approximate surface area is 73.6 Å². The first-order valence-electron chi connectivity index (χ1n) is 3.39. The van der Waals surface area contributed by atoms with E-state index in [1.54, 1.807) is 13.8 Å². The number of esters is 1. The van der Waals surface area contributed by atoms with E-state index < -0.39 is 5.97 Å². The minimum absolute atomic E-state index is 0.150. The van der Waals surface area contributed by atoms with Crippen molar-refractivity contribution in [2.45, 2.75) is 20.0 Å². The highest BCUT2D eigenvalue weighted by atomic mass is 32.1. The fourth-order valence-electron chi connectivity index (χ4n) is 0.582. The van der Waals surface area contributed by atoms with Crippen LogP contribution in [0.15, 0.2) is 0 Å². The zero-order valence-electron chi connectivity index (χ0n) is 6.77. The van der Waals surface area contributed by atoms with Gasteiger partial charge in [0.1, 0.15) is 0 Å². The molecule has 0 aliphatic heterocycles. The van der Waals surface area contributed by atoms with Crippen LogP contribution in [-0.2, 0) is 4.74 Å². The molecule has 1 aromatic heterocycles. The third-order valence-corrected chi connectivity index (χ3v) is 1.69. The van der Waals surface area contributed by atoms with Crippen LogP contribution in [0.3, 0.4) is 0 Å². The first kappa shape index (κ1) is 8.92. The maximum atomic E-state index is 11.1. The molecule has 0 radical (unpaired) electrons. The summed E-state index contributed by atoms with van der Waals surface area (Å²) >= 11 is 1.02. The fraction of sp³-hybridized carbons (Fsp3) is 0.500. The van der Waals surface area contributed by atoms with Crippen LogP contribution in [0.5, 0.6) is 0 Å². The molecule has 0 unspecified atom stereocenters. The van der Waals surface area contributed by atoms with Crippen LogP contribution in [-0.4, -0.2) is 22.3 Å². The van der Waals surface area contributed by atoms with Gasteiger partial charge in [0, 0.05) is 0 Å². The van der Waals surface area contributed by atoms with E-state index in [1.807, 2.05) is 0 Å². The number of anilines is 1. The standard InChI is InChI=1S/C6H9N3O2S/c1-3(2)11-5(10)4-8-9-6(7)12-4/h3H,1-2H3,(H2,7,9). The zero-order valence-corrected chi connectivity index (χ0v) is 7.59. The summed E-state index contributed by atoms with van der Waals surface area (Å²) in [5.74, 6) is -0.473. The Balaban J connectivity index is 2.65. The molecule has 0 aliphatic carbocycles. The first-order valence-corrected chi connectivity index (χ1v) is 4.21. The maximum Gasteiger partial charge on any atom is 0.369 e. The van der Waals surface area contributed by atoms with Gasteiger partial charge in [-0.25, -0.2) is 4.79 Å². The van der Waals surface area contributed by atoms with Crippen molar-refractivity contribution >= 4 is 22.4 Å². The molecular formula is C6H9N3O2S. The van der Waals surface area contributed by atoms with Gasteiger partial charge in [-0.1, -0.05) is 11.3 Å². The minimum Gasteiger partial charge on any atom is -0.458 e. The van der Waals surface area contributed by atoms with Gasteiger partial charge in [0.15, 0.2) is 0 Å². The highest BCUT2D eigenvalue weighted by Gasteiger charge is 2.13. The Bertz CT molecular complexity index is 284. The van der Waals surface area contributed by atoms with Crippen molar-refractivity contribution in [3.8, 4) is 0 Å². The van der Waals surface area contributed by atoms with Gasteiger partial charge in [-0.3, -0.25) is 0 Å². The van der Waals surface area contributed by atoms with Crippen LogP contribution in [0.4, 0.5) is 5.13 Å². The Morgan fingerprint density at radius 1 is 1.58 bits per heavy atom. The third-order valence-electron chi connectivity index (χ3n) is 0.958. The highest BCUT2D eigenvalue weighted by Crippen LogP contribution is 2.12. The second-order valence-electron chi connectivity index (χ2n) is 2.40. The number of aromatic nitrogens is 2. The summed E-state index contributed by atoms with van der Waals surface area (Å²) in [5, 5.41) is 7.49. The maximum absolute atomic E-state index is 11.1. The van der Waals surface area contributed by atoms with Gasteiger partial charge in [0.25, 0.3) is 0 Å². The smallest absolute Gasteiger partial charge is 0.369 e. The summed E-state index contributed by atoms with van der Waals surface area (Å²) < 4.78 is 4.86. The number of hydrogen-bond acceptors (Lipinski definition) is 6. The van der Waals surface area contributed by atoms with Crippen molar-refractivity contribution in [3.63, 3.8) is 0 Å². The van der Waals surface area contributed by atoms with Gasteiger partial charge in [-0.05, 0) is 13.8 Å². The van der Waals surface area contributed by atoms with Crippen molar-refractivity contribution in [2.24, 2.45) is 0 Å². The van der Waals surface area contributed by atoms with E-state index in [0.717, 1.165) is 11.3 Å². The van der Waals surface area contributed by atoms with Crippen molar-refractivity contribution in [1.29, 1.82) is 0 Å². The Hall–Kier alpha value is -1.17. The molecule has 5 nitrogen and oxygen atoms in total. The number of hydrogen-bond donors (Lipinski definition) is 1. The molecule has 66 valence electrons. The van der Waals surface area contributed by atoms with Crippen molar-refractivity contribution in [1.82, 2.24) is 10.2 Å². The second kappa shape index (κ2) is 3.48. The minimum atomic E-state index is -0.473. The van der Waals surface area contributed by atoms with Crippen LogP contribution >= 0.6 is 11.3 Å². The second-order valence-corrected chi connectivity index (χ2v) is 3.41. The quantitative estimate of drug-likeness (QED) is 0.689. The number of nitrogens with zero attached hydrogens (tertiary/aromatic N) is 2. The third kappa shape index (κ3) is 2.16. The Morgan fingerprint density at radius 3 is 2.67 bits per heavy atom. The molecule has 6 heteroatoms. The molecule has 0 saturated carbocycles. The van der Waals surface area contributed by atoms with E-state index >= 15 is 0 Å². The fourth-order valence-corrected chi connectivity index (χ4v) is 1.07. The molecule has 0 fully saturated rings. The summed E-state index contributed by atoms with van der Waals surface area (Å²) in [6.45, 7) is 3.53. The molecule has 0 spiro atoms. The summed E-state index contributed by atoms with van der Waals surface area (Å²) in [5.41, 5.74) is 5.28. The number of ether oxygens (including phenoxy) is 1. The van der Waals surface area contributed by atoms with Gasteiger partial charge >= 0.3 is 5.97 Å². The van der Waals surface area contributed by atoms with Gasteiger partial charge in [-0.2, -0.15) is 0 Å². The van der Waals surface area contributed by atoms with Gasteiger partial charge in [-0.15, -0.1) is 10.2 Å². The number of carbonyl (C=O) groups excluding carboxylic acids is 1. The van der Waals surface area contributed by atoms with E-state index in [1.165, 1.54) is 0 Å². The molecule has 0 amide bonds. The molecule has 12 heavy (non-hydrogen) atoms.